The lowest BCUT2D eigenvalue weighted by atomic mass is 10.3. The third-order valence-electron chi connectivity index (χ3n) is 2.48. The second-order valence-corrected chi connectivity index (χ2v) is 3.89. The number of carbonyl (C=O) groups excluding carboxylic acids is 1. The van der Waals surface area contributed by atoms with Crippen LogP contribution in [0.1, 0.15) is 12.8 Å². The van der Waals surface area contributed by atoms with E-state index in [0.717, 1.165) is 52.1 Å². The first-order chi connectivity index (χ1) is 7.93. The van der Waals surface area contributed by atoms with E-state index in [1.165, 1.54) is 0 Å². The normalized spacial score (nSPS) is 21.6. The van der Waals surface area contributed by atoms with Crippen LogP contribution in [-0.4, -0.2) is 51.8 Å². The third-order valence-corrected chi connectivity index (χ3v) is 2.48. The fraction of sp³-hybridized carbons (Fsp3) is 0.818. The zero-order valence-electron chi connectivity index (χ0n) is 9.77. The molecule has 92 valence electrons. The summed E-state index contributed by atoms with van der Waals surface area (Å²) < 4.78 is 0. The zero-order valence-corrected chi connectivity index (χ0v) is 9.77. The molecular formula is C11H22N4O. The Labute approximate surface area is 97.1 Å². The molecule has 5 nitrogen and oxygen atoms in total. The molecule has 1 saturated heterocycles. The summed E-state index contributed by atoms with van der Waals surface area (Å²) in [5, 5.41) is 13.0. The molecule has 0 radical (unpaired) electrons. The van der Waals surface area contributed by atoms with Crippen molar-refractivity contribution in [2.45, 2.75) is 12.8 Å². The topological polar surface area (TPSA) is 65.2 Å². The summed E-state index contributed by atoms with van der Waals surface area (Å²) >= 11 is 0. The lowest BCUT2D eigenvalue weighted by molar-refractivity contribution is 0.543. The van der Waals surface area contributed by atoms with Crippen LogP contribution in [-0.2, 0) is 4.79 Å². The summed E-state index contributed by atoms with van der Waals surface area (Å²) in [4.78, 5) is 10.6. The highest BCUT2D eigenvalue weighted by atomic mass is 16.1. The second-order valence-electron chi connectivity index (χ2n) is 3.89. The molecule has 1 aliphatic rings. The Morgan fingerprint density at radius 3 is 2.12 bits per heavy atom. The number of nitrogens with one attached hydrogen (secondary N) is 4. The molecule has 1 aliphatic heterocycles. The smallest absolute Gasteiger partial charge is 0.146 e. The molecule has 1 fully saturated rings. The predicted octanol–water partition coefficient (Wildman–Crippen LogP) is -1.15. The van der Waals surface area contributed by atoms with Gasteiger partial charge < -0.3 is 21.3 Å². The van der Waals surface area contributed by atoms with Crippen molar-refractivity contribution >= 4 is 5.94 Å². The van der Waals surface area contributed by atoms with E-state index in [4.69, 9.17) is 0 Å². The molecule has 0 aromatic rings. The summed E-state index contributed by atoms with van der Waals surface area (Å²) in [6, 6.07) is 0. The first kappa shape index (κ1) is 13.2. The molecule has 16 heavy (non-hydrogen) atoms. The number of rotatable bonds is 0. The molecule has 1 rings (SSSR count). The van der Waals surface area contributed by atoms with E-state index < -0.39 is 0 Å². The molecule has 0 aliphatic carbocycles. The fourth-order valence-electron chi connectivity index (χ4n) is 1.57. The number of hydrogen-bond acceptors (Lipinski definition) is 5. The molecule has 0 spiro atoms. The Balaban J connectivity index is 2.24. The molecule has 0 atom stereocenters. The minimum Gasteiger partial charge on any atom is -0.378 e. The van der Waals surface area contributed by atoms with E-state index in [1.54, 1.807) is 0 Å². The van der Waals surface area contributed by atoms with Crippen LogP contribution in [0.2, 0.25) is 0 Å². The van der Waals surface area contributed by atoms with E-state index >= 15 is 0 Å². The van der Waals surface area contributed by atoms with Crippen molar-refractivity contribution in [2.24, 2.45) is 0 Å². The maximum absolute atomic E-state index is 10.6. The molecule has 0 amide bonds. The van der Waals surface area contributed by atoms with Crippen LogP contribution in [0.3, 0.4) is 0 Å². The van der Waals surface area contributed by atoms with E-state index in [-0.39, 0.29) is 0 Å². The summed E-state index contributed by atoms with van der Waals surface area (Å²) in [5.41, 5.74) is 0.630. The Hall–Kier alpha value is -0.870. The summed E-state index contributed by atoms with van der Waals surface area (Å²) in [6.45, 7) is 6.37. The average molecular weight is 226 g/mol. The fourth-order valence-corrected chi connectivity index (χ4v) is 1.57. The average Bonchev–Trinajstić information content (AvgIpc) is 2.32. The van der Waals surface area contributed by atoms with Gasteiger partial charge in [0.15, 0.2) is 0 Å². The minimum absolute atomic E-state index is 0.594. The van der Waals surface area contributed by atoms with E-state index in [0.29, 0.717) is 12.2 Å². The predicted molar refractivity (Wildman–Crippen MR) is 65.1 cm³/mol. The van der Waals surface area contributed by atoms with Gasteiger partial charge in [0, 0.05) is 26.2 Å². The standard InChI is InChI=1S/C11H22N4O/c16-10-11-9-14-5-1-3-12-7-8-13-4-2-6-15-11/h12-15H,1-9H2. The van der Waals surface area contributed by atoms with E-state index in [9.17, 15) is 4.79 Å². The van der Waals surface area contributed by atoms with E-state index in [1.807, 2.05) is 5.94 Å². The van der Waals surface area contributed by atoms with Crippen LogP contribution in [0.5, 0.6) is 0 Å². The molecule has 0 aromatic heterocycles. The van der Waals surface area contributed by atoms with Crippen molar-refractivity contribution in [2.75, 3.05) is 45.8 Å². The molecule has 1 heterocycles. The van der Waals surface area contributed by atoms with Crippen LogP contribution >= 0.6 is 0 Å². The first-order valence-corrected chi connectivity index (χ1v) is 6.03. The number of hydrogen-bond donors (Lipinski definition) is 4. The highest BCUT2D eigenvalue weighted by molar-refractivity contribution is 5.51. The molecule has 0 unspecified atom stereocenters. The lowest BCUT2D eigenvalue weighted by Crippen LogP contribution is -2.33. The maximum Gasteiger partial charge on any atom is 0.146 e. The van der Waals surface area contributed by atoms with Gasteiger partial charge in [-0.05, 0) is 32.5 Å². The minimum atomic E-state index is 0.594. The van der Waals surface area contributed by atoms with Crippen molar-refractivity contribution in [1.82, 2.24) is 21.3 Å². The van der Waals surface area contributed by atoms with Crippen molar-refractivity contribution in [1.29, 1.82) is 0 Å². The lowest BCUT2D eigenvalue weighted by Gasteiger charge is -2.11. The Bertz CT molecular complexity index is 210. The highest BCUT2D eigenvalue weighted by Crippen LogP contribution is 1.83. The van der Waals surface area contributed by atoms with Gasteiger partial charge in [-0.2, -0.15) is 0 Å². The first-order valence-electron chi connectivity index (χ1n) is 6.03. The van der Waals surface area contributed by atoms with Gasteiger partial charge in [-0.1, -0.05) is 0 Å². The van der Waals surface area contributed by atoms with Gasteiger partial charge >= 0.3 is 0 Å². The molecule has 4 N–H and O–H groups in total. The quantitative estimate of drug-likeness (QED) is 0.393. The van der Waals surface area contributed by atoms with Crippen LogP contribution in [0, 0.1) is 0 Å². The van der Waals surface area contributed by atoms with Gasteiger partial charge in [0.05, 0.1) is 0 Å². The van der Waals surface area contributed by atoms with Gasteiger partial charge in [-0.15, -0.1) is 0 Å². The van der Waals surface area contributed by atoms with Crippen LogP contribution in [0.4, 0.5) is 0 Å². The molecule has 5 heteroatoms. The van der Waals surface area contributed by atoms with Gasteiger partial charge in [-0.25, -0.2) is 4.79 Å². The van der Waals surface area contributed by atoms with Gasteiger partial charge in [0.1, 0.15) is 11.6 Å². The summed E-state index contributed by atoms with van der Waals surface area (Å²) in [6.07, 6.45) is 2.09. The third kappa shape index (κ3) is 6.58. The maximum atomic E-state index is 10.6. The molecule has 0 saturated carbocycles. The second kappa shape index (κ2) is 9.36. The zero-order chi connectivity index (χ0) is 11.5. The summed E-state index contributed by atoms with van der Waals surface area (Å²) in [7, 11) is 0. The molecule has 0 aromatic carbocycles. The summed E-state index contributed by atoms with van der Waals surface area (Å²) in [5.74, 6) is 1.94. The van der Waals surface area contributed by atoms with Crippen molar-refractivity contribution in [3.8, 4) is 0 Å². The van der Waals surface area contributed by atoms with Crippen LogP contribution in [0.15, 0.2) is 5.70 Å². The SMILES string of the molecule is O=C=C1CNCCCNCCNCCCN1. The highest BCUT2D eigenvalue weighted by Gasteiger charge is 1.98. The Kier molecular flexibility index (Phi) is 7.72. The largest absolute Gasteiger partial charge is 0.378 e. The van der Waals surface area contributed by atoms with Gasteiger partial charge in [0.2, 0.25) is 0 Å². The van der Waals surface area contributed by atoms with Crippen molar-refractivity contribution in [3.63, 3.8) is 0 Å². The van der Waals surface area contributed by atoms with Crippen molar-refractivity contribution in [3.05, 3.63) is 5.70 Å². The van der Waals surface area contributed by atoms with Gasteiger partial charge in [0.25, 0.3) is 0 Å². The van der Waals surface area contributed by atoms with Crippen LogP contribution < -0.4 is 21.3 Å². The Morgan fingerprint density at radius 1 is 0.812 bits per heavy atom. The Morgan fingerprint density at radius 2 is 1.44 bits per heavy atom. The molecular weight excluding hydrogens is 204 g/mol. The van der Waals surface area contributed by atoms with Crippen molar-refractivity contribution < 1.29 is 4.79 Å². The van der Waals surface area contributed by atoms with E-state index in [2.05, 4.69) is 21.3 Å². The monoisotopic (exact) mass is 226 g/mol. The van der Waals surface area contributed by atoms with Gasteiger partial charge in [-0.3, -0.25) is 0 Å². The van der Waals surface area contributed by atoms with Crippen LogP contribution in [0.25, 0.3) is 0 Å². The molecule has 0 bridgehead atoms.